The van der Waals surface area contributed by atoms with Gasteiger partial charge in [-0.1, -0.05) is 24.3 Å². The van der Waals surface area contributed by atoms with Crippen molar-refractivity contribution < 1.29 is 10.2 Å². The minimum absolute atomic E-state index is 0.0347. The summed E-state index contributed by atoms with van der Waals surface area (Å²) in [5.41, 5.74) is 7.80. The average Bonchev–Trinajstić information content (AvgIpc) is 2.26. The van der Waals surface area contributed by atoms with Crippen molar-refractivity contribution >= 4 is 0 Å². The van der Waals surface area contributed by atoms with Gasteiger partial charge in [-0.05, 0) is 30.9 Å². The third-order valence-electron chi connectivity index (χ3n) is 2.46. The number of benzene rings is 1. The summed E-state index contributed by atoms with van der Waals surface area (Å²) in [6.07, 6.45) is 1.38. The van der Waals surface area contributed by atoms with E-state index in [1.54, 1.807) is 6.92 Å². The molecule has 2 atom stereocenters. The van der Waals surface area contributed by atoms with Crippen LogP contribution in [0.5, 0.6) is 0 Å². The first kappa shape index (κ1) is 12.2. The van der Waals surface area contributed by atoms with Crippen molar-refractivity contribution in [3.05, 3.63) is 35.4 Å². The lowest BCUT2D eigenvalue weighted by Gasteiger charge is -2.09. The second-order valence-electron chi connectivity index (χ2n) is 3.92. The van der Waals surface area contributed by atoms with Crippen LogP contribution in [0.4, 0.5) is 0 Å². The molecule has 4 N–H and O–H groups in total. The molecule has 0 aliphatic carbocycles. The van der Waals surface area contributed by atoms with Crippen molar-refractivity contribution in [2.75, 3.05) is 6.61 Å². The Morgan fingerprint density at radius 1 is 1.27 bits per heavy atom. The molecule has 3 heteroatoms. The highest BCUT2D eigenvalue weighted by atomic mass is 16.3. The van der Waals surface area contributed by atoms with Gasteiger partial charge in [-0.3, -0.25) is 0 Å². The summed E-state index contributed by atoms with van der Waals surface area (Å²) in [6.45, 7) is 1.75. The molecule has 84 valence electrons. The Bertz CT molecular complexity index is 282. The molecule has 0 radical (unpaired) electrons. The van der Waals surface area contributed by atoms with E-state index < -0.39 is 0 Å². The third kappa shape index (κ3) is 4.00. The van der Waals surface area contributed by atoms with Crippen LogP contribution in [0.25, 0.3) is 0 Å². The molecule has 0 fully saturated rings. The lowest BCUT2D eigenvalue weighted by Crippen LogP contribution is -2.14. The van der Waals surface area contributed by atoms with Crippen molar-refractivity contribution in [2.24, 2.45) is 5.73 Å². The number of hydrogen-bond donors (Lipinski definition) is 3. The van der Waals surface area contributed by atoms with Crippen molar-refractivity contribution in [3.63, 3.8) is 0 Å². The molecule has 0 aromatic heterocycles. The van der Waals surface area contributed by atoms with Gasteiger partial charge in [0.25, 0.3) is 0 Å². The first-order valence-corrected chi connectivity index (χ1v) is 5.27. The van der Waals surface area contributed by atoms with Crippen LogP contribution in [-0.2, 0) is 6.42 Å². The van der Waals surface area contributed by atoms with Crippen molar-refractivity contribution in [1.29, 1.82) is 0 Å². The van der Waals surface area contributed by atoms with Crippen LogP contribution >= 0.6 is 0 Å². The number of hydrogen-bond acceptors (Lipinski definition) is 3. The van der Waals surface area contributed by atoms with Gasteiger partial charge in [-0.25, -0.2) is 0 Å². The standard InChI is InChI=1S/C12H19NO2/c1-9(15)2-3-10-4-6-11(7-5-10)12(13)8-14/h4-7,9,12,14-15H,2-3,8,13H2,1H3. The van der Waals surface area contributed by atoms with Crippen LogP contribution in [0.2, 0.25) is 0 Å². The molecule has 1 rings (SSSR count). The Balaban J connectivity index is 2.56. The minimum atomic E-state index is -0.296. The van der Waals surface area contributed by atoms with E-state index in [0.717, 1.165) is 18.4 Å². The maximum absolute atomic E-state index is 9.14. The molecule has 0 amide bonds. The third-order valence-corrected chi connectivity index (χ3v) is 2.46. The molecule has 15 heavy (non-hydrogen) atoms. The topological polar surface area (TPSA) is 66.5 Å². The van der Waals surface area contributed by atoms with Gasteiger partial charge in [-0.2, -0.15) is 0 Å². The Morgan fingerprint density at radius 3 is 2.33 bits per heavy atom. The number of aliphatic hydroxyl groups excluding tert-OH is 2. The molecule has 3 nitrogen and oxygen atoms in total. The molecule has 0 bridgehead atoms. The maximum atomic E-state index is 9.14. The zero-order valence-electron chi connectivity index (χ0n) is 9.06. The van der Waals surface area contributed by atoms with Crippen LogP contribution in [-0.4, -0.2) is 22.9 Å². The quantitative estimate of drug-likeness (QED) is 0.677. The van der Waals surface area contributed by atoms with Gasteiger partial charge in [0.15, 0.2) is 0 Å². The van der Waals surface area contributed by atoms with Gasteiger partial charge in [-0.15, -0.1) is 0 Å². The average molecular weight is 209 g/mol. The van der Waals surface area contributed by atoms with Gasteiger partial charge < -0.3 is 15.9 Å². The second kappa shape index (κ2) is 5.85. The highest BCUT2D eigenvalue weighted by Gasteiger charge is 2.04. The van der Waals surface area contributed by atoms with E-state index in [-0.39, 0.29) is 18.8 Å². The number of aryl methyl sites for hydroxylation is 1. The van der Waals surface area contributed by atoms with E-state index in [1.807, 2.05) is 24.3 Å². The Hall–Kier alpha value is -0.900. The largest absolute Gasteiger partial charge is 0.394 e. The highest BCUT2D eigenvalue weighted by Crippen LogP contribution is 2.12. The van der Waals surface area contributed by atoms with Crippen LogP contribution < -0.4 is 5.73 Å². The molecule has 1 aromatic rings. The van der Waals surface area contributed by atoms with E-state index in [4.69, 9.17) is 15.9 Å². The van der Waals surface area contributed by atoms with E-state index in [0.29, 0.717) is 0 Å². The molecule has 0 aliphatic rings. The summed E-state index contributed by atoms with van der Waals surface area (Å²) >= 11 is 0. The van der Waals surface area contributed by atoms with Crippen LogP contribution in [0.1, 0.15) is 30.5 Å². The summed E-state index contributed by atoms with van der Waals surface area (Å²) in [6, 6.07) is 7.55. The van der Waals surface area contributed by atoms with Gasteiger partial charge in [0.2, 0.25) is 0 Å². The van der Waals surface area contributed by atoms with Crippen molar-refractivity contribution in [2.45, 2.75) is 31.9 Å². The van der Waals surface area contributed by atoms with Gasteiger partial charge in [0, 0.05) is 0 Å². The number of aliphatic hydroxyl groups is 2. The van der Waals surface area contributed by atoms with E-state index in [1.165, 1.54) is 5.56 Å². The number of nitrogens with two attached hydrogens (primary N) is 1. The summed E-state index contributed by atoms with van der Waals surface area (Å²) in [4.78, 5) is 0. The lowest BCUT2D eigenvalue weighted by atomic mass is 10.0. The van der Waals surface area contributed by atoms with Crippen LogP contribution in [0.3, 0.4) is 0 Å². The minimum Gasteiger partial charge on any atom is -0.394 e. The van der Waals surface area contributed by atoms with Gasteiger partial charge in [0.05, 0.1) is 18.8 Å². The second-order valence-corrected chi connectivity index (χ2v) is 3.92. The first-order chi connectivity index (χ1) is 7.13. The zero-order chi connectivity index (χ0) is 11.3. The van der Waals surface area contributed by atoms with Crippen LogP contribution in [0, 0.1) is 0 Å². The normalized spacial score (nSPS) is 14.9. The molecule has 0 spiro atoms. The SMILES string of the molecule is CC(O)CCc1ccc(C(N)CO)cc1. The molecular weight excluding hydrogens is 190 g/mol. The first-order valence-electron chi connectivity index (χ1n) is 5.27. The molecule has 0 saturated heterocycles. The molecule has 1 aromatic carbocycles. The van der Waals surface area contributed by atoms with E-state index in [2.05, 4.69) is 0 Å². The predicted molar refractivity (Wildman–Crippen MR) is 60.5 cm³/mol. The van der Waals surface area contributed by atoms with Gasteiger partial charge >= 0.3 is 0 Å². The highest BCUT2D eigenvalue weighted by molar-refractivity contribution is 5.25. The number of rotatable bonds is 5. The fourth-order valence-corrected chi connectivity index (χ4v) is 1.41. The molecular formula is C12H19NO2. The monoisotopic (exact) mass is 209 g/mol. The van der Waals surface area contributed by atoms with Crippen LogP contribution in [0.15, 0.2) is 24.3 Å². The predicted octanol–water partition coefficient (Wildman–Crippen LogP) is 0.992. The Labute approximate surface area is 90.5 Å². The van der Waals surface area contributed by atoms with Crippen molar-refractivity contribution in [1.82, 2.24) is 0 Å². The van der Waals surface area contributed by atoms with E-state index in [9.17, 15) is 0 Å². The molecule has 0 aliphatic heterocycles. The molecule has 2 unspecified atom stereocenters. The van der Waals surface area contributed by atoms with Gasteiger partial charge in [0.1, 0.15) is 0 Å². The van der Waals surface area contributed by atoms with E-state index >= 15 is 0 Å². The summed E-state index contributed by atoms with van der Waals surface area (Å²) in [5.74, 6) is 0. The fraction of sp³-hybridized carbons (Fsp3) is 0.500. The Morgan fingerprint density at radius 2 is 1.87 bits per heavy atom. The molecule has 0 heterocycles. The summed E-state index contributed by atoms with van der Waals surface area (Å²) < 4.78 is 0. The zero-order valence-corrected chi connectivity index (χ0v) is 9.06. The molecule has 0 saturated carbocycles. The smallest absolute Gasteiger partial charge is 0.0624 e. The van der Waals surface area contributed by atoms with Crippen molar-refractivity contribution in [3.8, 4) is 0 Å². The maximum Gasteiger partial charge on any atom is 0.0624 e. The lowest BCUT2D eigenvalue weighted by molar-refractivity contribution is 0.185. The Kier molecular flexibility index (Phi) is 4.75. The summed E-state index contributed by atoms with van der Waals surface area (Å²) in [5, 5.41) is 18.0. The fourth-order valence-electron chi connectivity index (χ4n) is 1.41. The summed E-state index contributed by atoms with van der Waals surface area (Å²) in [7, 11) is 0.